The number of Topliss-reactive ketones (excluding diaryl/α,β-unsaturated/α-hetero) is 1. The van der Waals surface area contributed by atoms with Crippen molar-refractivity contribution in [3.05, 3.63) is 58.5 Å². The molecule has 0 bridgehead atoms. The number of ketones is 1. The maximum absolute atomic E-state index is 12.6. The van der Waals surface area contributed by atoms with Crippen LogP contribution in [0.4, 0.5) is 0 Å². The zero-order valence-electron chi connectivity index (χ0n) is 18.3. The number of ether oxygens (including phenoxy) is 1. The van der Waals surface area contributed by atoms with Crippen molar-refractivity contribution in [2.24, 2.45) is 0 Å². The Bertz CT molecular complexity index is 914. The molecule has 31 heavy (non-hydrogen) atoms. The summed E-state index contributed by atoms with van der Waals surface area (Å²) in [5.74, 6) is 1.64. The molecule has 0 radical (unpaired) electrons. The van der Waals surface area contributed by atoms with Crippen LogP contribution in [0.5, 0.6) is 0 Å². The molecule has 6 nitrogen and oxygen atoms in total. The molecule has 1 saturated heterocycles. The summed E-state index contributed by atoms with van der Waals surface area (Å²) in [5.41, 5.74) is 3.39. The summed E-state index contributed by atoms with van der Waals surface area (Å²) in [4.78, 5) is 27.4. The van der Waals surface area contributed by atoms with Gasteiger partial charge in [-0.1, -0.05) is 12.1 Å². The van der Waals surface area contributed by atoms with E-state index >= 15 is 0 Å². The number of fused-ring (bicyclic) bond motifs is 1. The first-order valence-electron chi connectivity index (χ1n) is 11.4. The van der Waals surface area contributed by atoms with E-state index in [9.17, 15) is 9.59 Å². The lowest BCUT2D eigenvalue weighted by molar-refractivity contribution is -0.121. The topological polar surface area (TPSA) is 71.8 Å². The number of furan rings is 1. The van der Waals surface area contributed by atoms with Crippen molar-refractivity contribution >= 4 is 11.7 Å². The number of carbonyl (C=O) groups is 2. The van der Waals surface area contributed by atoms with Crippen molar-refractivity contribution in [1.29, 1.82) is 0 Å². The highest BCUT2D eigenvalue weighted by atomic mass is 16.5. The van der Waals surface area contributed by atoms with Crippen molar-refractivity contribution in [2.75, 3.05) is 32.8 Å². The minimum absolute atomic E-state index is 0.0297. The molecule has 0 saturated carbocycles. The standard InChI is InChI=1S/C25H32N2O4/c1-18-6-10-24(31-18)22(27-12-14-30-15-13-27)17-26-25(29)11-9-23(28)21-8-7-19-4-2-3-5-20(19)16-21/h6-8,10,16,22H,2-5,9,11-15,17H2,1H3,(H,26,29). The molecule has 6 heteroatoms. The third kappa shape index (κ3) is 5.63. The highest BCUT2D eigenvalue weighted by Crippen LogP contribution is 2.24. The predicted octanol–water partition coefficient (Wildman–Crippen LogP) is 3.62. The second-order valence-corrected chi connectivity index (χ2v) is 8.53. The molecule has 0 spiro atoms. The molecular formula is C25H32N2O4. The zero-order valence-corrected chi connectivity index (χ0v) is 18.3. The number of nitrogens with zero attached hydrogens (tertiary/aromatic N) is 1. The van der Waals surface area contributed by atoms with E-state index in [1.807, 2.05) is 31.2 Å². The number of nitrogens with one attached hydrogen (secondary N) is 1. The van der Waals surface area contributed by atoms with Gasteiger partial charge in [0.05, 0.1) is 19.3 Å². The number of rotatable bonds is 8. The molecule has 1 fully saturated rings. The van der Waals surface area contributed by atoms with Crippen LogP contribution in [0.25, 0.3) is 0 Å². The smallest absolute Gasteiger partial charge is 0.220 e. The fourth-order valence-corrected chi connectivity index (χ4v) is 4.51. The number of benzene rings is 1. The van der Waals surface area contributed by atoms with Gasteiger partial charge in [0, 0.05) is 38.0 Å². The molecule has 2 aromatic rings. The van der Waals surface area contributed by atoms with Crippen LogP contribution in [-0.2, 0) is 22.4 Å². The molecule has 1 aromatic carbocycles. The normalized spacial score (nSPS) is 17.7. The minimum atomic E-state index is -0.104. The SMILES string of the molecule is Cc1ccc(C(CNC(=O)CCC(=O)c2ccc3c(c2)CCCC3)N2CCOCC2)o1. The van der Waals surface area contributed by atoms with Gasteiger partial charge in [-0.2, -0.15) is 0 Å². The Balaban J connectivity index is 1.30. The van der Waals surface area contributed by atoms with E-state index in [-0.39, 0.29) is 30.6 Å². The highest BCUT2D eigenvalue weighted by molar-refractivity contribution is 5.98. The summed E-state index contributed by atoms with van der Waals surface area (Å²) < 4.78 is 11.3. The van der Waals surface area contributed by atoms with Gasteiger partial charge in [0.2, 0.25) is 5.91 Å². The van der Waals surface area contributed by atoms with E-state index in [0.717, 1.165) is 43.0 Å². The molecule has 4 rings (SSSR count). The molecule has 1 aliphatic carbocycles. The number of hydrogen-bond donors (Lipinski definition) is 1. The number of carbonyl (C=O) groups excluding carboxylic acids is 2. The van der Waals surface area contributed by atoms with Crippen molar-refractivity contribution in [3.8, 4) is 0 Å². The fourth-order valence-electron chi connectivity index (χ4n) is 4.51. The van der Waals surface area contributed by atoms with E-state index < -0.39 is 0 Å². The van der Waals surface area contributed by atoms with E-state index in [0.29, 0.717) is 19.8 Å². The number of aryl methyl sites for hydroxylation is 3. The Morgan fingerprint density at radius 1 is 1.03 bits per heavy atom. The van der Waals surface area contributed by atoms with Crippen LogP contribution >= 0.6 is 0 Å². The van der Waals surface area contributed by atoms with Crippen LogP contribution in [-0.4, -0.2) is 49.4 Å². The maximum atomic E-state index is 12.6. The van der Waals surface area contributed by atoms with Crippen LogP contribution in [0.3, 0.4) is 0 Å². The van der Waals surface area contributed by atoms with Gasteiger partial charge in [-0.15, -0.1) is 0 Å². The Labute approximate surface area is 183 Å². The first kappa shape index (κ1) is 21.8. The molecule has 2 aliphatic rings. The van der Waals surface area contributed by atoms with Crippen LogP contribution in [0.1, 0.15) is 64.7 Å². The van der Waals surface area contributed by atoms with E-state index in [4.69, 9.17) is 9.15 Å². The Kier molecular flexibility index (Phi) is 7.20. The second kappa shape index (κ2) is 10.2. The first-order chi connectivity index (χ1) is 15.1. The van der Waals surface area contributed by atoms with Crippen LogP contribution in [0.15, 0.2) is 34.7 Å². The van der Waals surface area contributed by atoms with Crippen molar-refractivity contribution < 1.29 is 18.7 Å². The van der Waals surface area contributed by atoms with Gasteiger partial charge in [0.15, 0.2) is 5.78 Å². The molecule has 1 N–H and O–H groups in total. The maximum Gasteiger partial charge on any atom is 0.220 e. The van der Waals surface area contributed by atoms with Crippen LogP contribution in [0.2, 0.25) is 0 Å². The lowest BCUT2D eigenvalue weighted by Crippen LogP contribution is -2.43. The third-order valence-corrected chi connectivity index (χ3v) is 6.32. The van der Waals surface area contributed by atoms with Gasteiger partial charge in [0.25, 0.3) is 0 Å². The van der Waals surface area contributed by atoms with E-state index in [1.54, 1.807) is 0 Å². The Hall–Kier alpha value is -2.44. The average Bonchev–Trinajstić information content (AvgIpc) is 3.23. The monoisotopic (exact) mass is 424 g/mol. The number of morpholine rings is 1. The van der Waals surface area contributed by atoms with Crippen LogP contribution < -0.4 is 5.32 Å². The van der Waals surface area contributed by atoms with Gasteiger partial charge in [-0.25, -0.2) is 0 Å². The first-order valence-corrected chi connectivity index (χ1v) is 11.4. The lowest BCUT2D eigenvalue weighted by Gasteiger charge is -2.33. The zero-order chi connectivity index (χ0) is 21.6. The Morgan fingerprint density at radius 3 is 2.55 bits per heavy atom. The molecule has 1 unspecified atom stereocenters. The molecule has 1 atom stereocenters. The number of amides is 1. The van der Waals surface area contributed by atoms with Gasteiger partial charge >= 0.3 is 0 Å². The molecular weight excluding hydrogens is 392 g/mol. The van der Waals surface area contributed by atoms with Crippen molar-refractivity contribution in [3.63, 3.8) is 0 Å². The van der Waals surface area contributed by atoms with E-state index in [2.05, 4.69) is 16.3 Å². The van der Waals surface area contributed by atoms with Gasteiger partial charge in [-0.3, -0.25) is 14.5 Å². The molecule has 1 aliphatic heterocycles. The summed E-state index contributed by atoms with van der Waals surface area (Å²) in [6.45, 7) is 5.34. The van der Waals surface area contributed by atoms with Gasteiger partial charge < -0.3 is 14.5 Å². The molecule has 2 heterocycles. The third-order valence-electron chi connectivity index (χ3n) is 6.32. The number of hydrogen-bond acceptors (Lipinski definition) is 5. The van der Waals surface area contributed by atoms with Crippen LogP contribution in [0, 0.1) is 6.92 Å². The Morgan fingerprint density at radius 2 is 1.81 bits per heavy atom. The van der Waals surface area contributed by atoms with Gasteiger partial charge in [-0.05, 0) is 61.9 Å². The quantitative estimate of drug-likeness (QED) is 0.656. The summed E-state index contributed by atoms with van der Waals surface area (Å²) in [5, 5.41) is 3.01. The molecule has 166 valence electrons. The average molecular weight is 425 g/mol. The predicted molar refractivity (Wildman–Crippen MR) is 118 cm³/mol. The summed E-state index contributed by atoms with van der Waals surface area (Å²) in [6, 6.07) is 9.92. The summed E-state index contributed by atoms with van der Waals surface area (Å²) in [7, 11) is 0. The summed E-state index contributed by atoms with van der Waals surface area (Å²) >= 11 is 0. The lowest BCUT2D eigenvalue weighted by atomic mass is 9.89. The molecule has 1 aromatic heterocycles. The largest absolute Gasteiger partial charge is 0.465 e. The molecule has 1 amide bonds. The minimum Gasteiger partial charge on any atom is -0.465 e. The fraction of sp³-hybridized carbons (Fsp3) is 0.520. The van der Waals surface area contributed by atoms with E-state index in [1.165, 1.54) is 24.0 Å². The summed E-state index contributed by atoms with van der Waals surface area (Å²) in [6.07, 6.45) is 4.99. The second-order valence-electron chi connectivity index (χ2n) is 8.53. The van der Waals surface area contributed by atoms with Crippen molar-refractivity contribution in [2.45, 2.75) is 51.5 Å². The van der Waals surface area contributed by atoms with Crippen molar-refractivity contribution in [1.82, 2.24) is 10.2 Å². The van der Waals surface area contributed by atoms with Gasteiger partial charge in [0.1, 0.15) is 11.5 Å². The highest BCUT2D eigenvalue weighted by Gasteiger charge is 2.25.